The highest BCUT2D eigenvalue weighted by molar-refractivity contribution is 8.00. The Balaban J connectivity index is 0.823. The second kappa shape index (κ2) is 20.6. The lowest BCUT2D eigenvalue weighted by molar-refractivity contribution is -0.228. The van der Waals surface area contributed by atoms with Crippen molar-refractivity contribution in [1.82, 2.24) is 25.3 Å². The van der Waals surface area contributed by atoms with Gasteiger partial charge in [0.05, 0.1) is 30.1 Å². The zero-order valence-electron chi connectivity index (χ0n) is 35.5. The van der Waals surface area contributed by atoms with Crippen LogP contribution in [0, 0.1) is 6.92 Å². The number of imide groups is 1. The number of thioether (sulfide) groups is 1. The van der Waals surface area contributed by atoms with Gasteiger partial charge in [0.25, 0.3) is 19.3 Å². The number of phenolic OH excluding ortho intramolecular Hbond substituents is 1. The van der Waals surface area contributed by atoms with E-state index >= 15 is 0 Å². The largest absolute Gasteiger partial charge is 0.756 e. The summed E-state index contributed by atoms with van der Waals surface area (Å²) in [5.74, 6) is -3.45. The summed E-state index contributed by atoms with van der Waals surface area (Å²) in [5.41, 5.74) is 3.96. The molecule has 4 heterocycles. The number of carboxylic acid groups (broad SMARTS) is 1. The Labute approximate surface area is 382 Å². The lowest BCUT2D eigenvalue weighted by Gasteiger charge is -2.25. The van der Waals surface area contributed by atoms with Gasteiger partial charge in [-0.1, -0.05) is 6.42 Å². The number of aromatic hydroxyl groups is 1. The Kier molecular flexibility index (Phi) is 14.9. The van der Waals surface area contributed by atoms with Crippen LogP contribution in [-0.2, 0) is 32.7 Å². The fraction of sp³-hybridized carbons (Fsp3) is 0.349. The van der Waals surface area contributed by atoms with Crippen molar-refractivity contribution >= 4 is 60.2 Å². The summed E-state index contributed by atoms with van der Waals surface area (Å²) in [4.78, 5) is 115. The second-order valence-corrected chi connectivity index (χ2v) is 18.3. The zero-order chi connectivity index (χ0) is 48.2. The van der Waals surface area contributed by atoms with Gasteiger partial charge in [0.1, 0.15) is 29.4 Å². The average molecular weight is 965 g/mol. The Morgan fingerprint density at radius 2 is 1.78 bits per heavy atom. The number of amides is 4. The molecule has 4 aliphatic rings. The number of likely N-dealkylation sites (tertiary alicyclic amines) is 1. The van der Waals surface area contributed by atoms with Crippen LogP contribution in [0.3, 0.4) is 0 Å². The summed E-state index contributed by atoms with van der Waals surface area (Å²) in [5, 5.41) is 30.2. The van der Waals surface area contributed by atoms with Gasteiger partial charge < -0.3 is 38.4 Å². The Bertz CT molecular complexity index is 2950. The van der Waals surface area contributed by atoms with Crippen LogP contribution < -0.4 is 32.4 Å². The molecule has 0 spiro atoms. The topological polar surface area (TPSA) is 326 Å². The summed E-state index contributed by atoms with van der Waals surface area (Å²) < 4.78 is 34.7. The van der Waals surface area contributed by atoms with E-state index in [0.29, 0.717) is 35.8 Å². The molecule has 22 nitrogen and oxygen atoms in total. The van der Waals surface area contributed by atoms with Crippen molar-refractivity contribution in [3.63, 3.8) is 0 Å². The highest BCUT2D eigenvalue weighted by Gasteiger charge is 2.39. The summed E-state index contributed by atoms with van der Waals surface area (Å²) in [7, 11) is -4.89. The fourth-order valence-corrected chi connectivity index (χ4v) is 9.45. The van der Waals surface area contributed by atoms with Gasteiger partial charge in [-0.15, -0.1) is 11.8 Å². The smallest absolute Gasteiger partial charge is 0.336 e. The minimum Gasteiger partial charge on any atom is -0.756 e. The maximum atomic E-state index is 13.2. The van der Waals surface area contributed by atoms with Crippen LogP contribution in [0.1, 0.15) is 71.0 Å². The number of hydrazine groups is 1. The molecule has 2 saturated heterocycles. The third-order valence-corrected chi connectivity index (χ3v) is 13.1. The van der Waals surface area contributed by atoms with Crippen molar-refractivity contribution < 1.29 is 67.0 Å². The molecule has 0 radical (unpaired) electrons. The van der Waals surface area contributed by atoms with E-state index in [4.69, 9.17) is 18.2 Å². The number of nitrogens with one attached hydrogen (secondary N) is 3. The number of aliphatic hydroxyl groups is 1. The predicted molar refractivity (Wildman–Crippen MR) is 235 cm³/mol. The normalized spacial score (nSPS) is 19.2. The number of carbonyl (C=O) groups excluding carboxylic acids is 4. The van der Waals surface area contributed by atoms with Gasteiger partial charge in [0.2, 0.25) is 17.7 Å². The minimum absolute atomic E-state index is 0.00645. The lowest BCUT2D eigenvalue weighted by Crippen LogP contribution is -2.41. The lowest BCUT2D eigenvalue weighted by atomic mass is 9.89. The Morgan fingerprint density at radius 1 is 0.985 bits per heavy atom. The third kappa shape index (κ3) is 11.4. The van der Waals surface area contributed by atoms with Crippen molar-refractivity contribution in [2.45, 2.75) is 69.1 Å². The average Bonchev–Trinajstić information content (AvgIpc) is 3.79. The van der Waals surface area contributed by atoms with Crippen molar-refractivity contribution in [1.29, 1.82) is 0 Å². The molecule has 7 rings (SSSR count). The van der Waals surface area contributed by atoms with Crippen LogP contribution in [-0.4, -0.2) is 102 Å². The molecular weight excluding hydrogens is 922 g/mol. The number of phosphoric acid groups is 1. The van der Waals surface area contributed by atoms with E-state index in [-0.39, 0.29) is 82.9 Å². The molecule has 3 aromatic rings. The first-order valence-electron chi connectivity index (χ1n) is 20.8. The molecular formula is C43H43N5O17PS-. The van der Waals surface area contributed by atoms with Crippen LogP contribution in [0.4, 0.5) is 0 Å². The van der Waals surface area contributed by atoms with Crippen LogP contribution in [0.2, 0.25) is 0 Å². The highest BCUT2D eigenvalue weighted by atomic mass is 32.2. The number of phosphoric ester groups is 1. The van der Waals surface area contributed by atoms with Gasteiger partial charge in [-0.2, -0.15) is 0 Å². The van der Waals surface area contributed by atoms with Crippen LogP contribution >= 0.6 is 19.6 Å². The number of hydrogen-bond acceptors (Lipinski definition) is 17. The molecule has 0 saturated carbocycles. The first kappa shape index (κ1) is 48.5. The van der Waals surface area contributed by atoms with E-state index in [0.717, 1.165) is 21.2 Å². The number of aliphatic hydroxyl groups excluding tert-OH is 1. The molecule has 4 amide bonds. The number of aryl methyl sites for hydroxylation is 1. The zero-order valence-corrected chi connectivity index (χ0v) is 37.2. The molecule has 67 heavy (non-hydrogen) atoms. The number of nitrogens with zero attached hydrogens (tertiary/aromatic N) is 2. The number of aromatic amines is 1. The molecule has 354 valence electrons. The predicted octanol–water partition coefficient (Wildman–Crippen LogP) is 2.16. The Morgan fingerprint density at radius 3 is 2.55 bits per heavy atom. The second-order valence-electron chi connectivity index (χ2n) is 15.6. The number of aromatic carboxylic acids is 1. The van der Waals surface area contributed by atoms with Gasteiger partial charge in [-0.25, -0.2) is 9.59 Å². The van der Waals surface area contributed by atoms with Crippen molar-refractivity contribution in [2.75, 3.05) is 25.5 Å². The number of phenols is 1. The molecule has 2 aromatic carbocycles. The van der Waals surface area contributed by atoms with Gasteiger partial charge in [-0.05, 0) is 67.8 Å². The number of unbranched alkanes of at least 4 members (excludes halogenated alkanes) is 2. The summed E-state index contributed by atoms with van der Waals surface area (Å²) in [6.45, 7) is 0.567. The molecule has 0 bridgehead atoms. The van der Waals surface area contributed by atoms with E-state index in [2.05, 4.69) is 15.8 Å². The number of benzene rings is 3. The SMILES string of the molecule is Cc1cn([C@H]2C[C@@H](O)[C@@H](COP(=O)([O-])OCCSC3CC(=O)N(CCCCCC(=O)NNC(=O)c4ccc(C(=O)O)c(-c5c6ccc(=O)cc-6oc6cc(O)ccc56)c4)C3=O)O2)c(=O)[nH]c1=O. The minimum atomic E-state index is -4.89. The maximum Gasteiger partial charge on any atom is 0.336 e. The quantitative estimate of drug-likeness (QED) is 0.0241. The molecule has 1 aliphatic carbocycles. The van der Waals surface area contributed by atoms with Crippen LogP contribution in [0.15, 0.2) is 79.6 Å². The Hall–Kier alpha value is -6.46. The molecule has 2 fully saturated rings. The summed E-state index contributed by atoms with van der Waals surface area (Å²) in [6.07, 6.45) is -1.08. The van der Waals surface area contributed by atoms with E-state index in [9.17, 15) is 63.1 Å². The number of carboxylic acids is 1. The van der Waals surface area contributed by atoms with Gasteiger partial charge in [-0.3, -0.25) is 58.6 Å². The monoisotopic (exact) mass is 964 g/mol. The van der Waals surface area contributed by atoms with Gasteiger partial charge >= 0.3 is 11.7 Å². The van der Waals surface area contributed by atoms with Crippen LogP contribution in [0.5, 0.6) is 5.75 Å². The molecule has 2 unspecified atom stereocenters. The summed E-state index contributed by atoms with van der Waals surface area (Å²) in [6, 6.07) is 12.0. The van der Waals surface area contributed by atoms with Crippen molar-refractivity contribution in [2.24, 2.45) is 0 Å². The van der Waals surface area contributed by atoms with Gasteiger partial charge in [0.15, 0.2) is 5.43 Å². The molecule has 6 N–H and O–H groups in total. The van der Waals surface area contributed by atoms with E-state index in [1.165, 1.54) is 67.7 Å². The molecule has 5 atom stereocenters. The molecule has 24 heteroatoms. The molecule has 3 aliphatic heterocycles. The fourth-order valence-electron chi connectivity index (χ4n) is 7.62. The number of H-pyrrole nitrogens is 1. The third-order valence-electron chi connectivity index (χ3n) is 11.0. The van der Waals surface area contributed by atoms with Crippen LogP contribution in [0.25, 0.3) is 33.4 Å². The first-order chi connectivity index (χ1) is 31.9. The number of carbonyl (C=O) groups is 5. The highest BCUT2D eigenvalue weighted by Crippen LogP contribution is 2.43. The maximum absolute atomic E-state index is 13.2. The standard InChI is InChI=1S/C43H44N5O17PS/c1-22-20-48(43(59)44-39(22)54)37-18-30(51)33(65-37)21-63-66(60,61)62-13-14-67-34-19-36(53)47(41(34)56)12-4-2-3-5-35(52)45-46-40(55)23-6-9-26(42(57)58)29(15-23)38-27-10-7-24(49)16-31(27)64-32-17-25(50)8-11-28(32)38/h6-11,15-17,20,30,33-34,37,49,51H,2-5,12-14,18-19,21H2,1H3,(H,45,52)(H,46,55)(H,57,58)(H,60,61)(H,44,54,59)/p-1/t30-,33-,34?,37-/m1/s1. The van der Waals surface area contributed by atoms with Gasteiger partial charge in [0, 0.05) is 77.5 Å². The van der Waals surface area contributed by atoms with Crippen molar-refractivity contribution in [3.8, 4) is 28.2 Å². The number of ether oxygens (including phenoxy) is 1. The summed E-state index contributed by atoms with van der Waals surface area (Å²) >= 11 is 1.03. The number of fused-ring (bicyclic) bond motifs is 2. The number of rotatable bonds is 18. The number of aromatic nitrogens is 2. The molecule has 1 aromatic heterocycles. The van der Waals surface area contributed by atoms with E-state index < -0.39 is 79.0 Å². The van der Waals surface area contributed by atoms with E-state index in [1.807, 2.05) is 0 Å². The number of hydrogen-bond donors (Lipinski definition) is 6. The van der Waals surface area contributed by atoms with E-state index in [1.54, 1.807) is 0 Å². The first-order valence-corrected chi connectivity index (χ1v) is 23.3. The van der Waals surface area contributed by atoms with Crippen molar-refractivity contribution in [3.05, 3.63) is 109 Å².